The molecule has 0 aliphatic carbocycles. The minimum Gasteiger partial charge on any atom is -0.343 e. The van der Waals surface area contributed by atoms with Crippen molar-refractivity contribution in [2.24, 2.45) is 0 Å². The average Bonchev–Trinajstić information content (AvgIpc) is 3.37. The monoisotopic (exact) mass is 492 g/mol. The van der Waals surface area contributed by atoms with Gasteiger partial charge in [-0.3, -0.25) is 14.3 Å². The van der Waals surface area contributed by atoms with Gasteiger partial charge in [0.25, 0.3) is 11.8 Å². The van der Waals surface area contributed by atoms with Gasteiger partial charge in [0.15, 0.2) is 0 Å². The van der Waals surface area contributed by atoms with Crippen LogP contribution >= 0.6 is 0 Å². The predicted molar refractivity (Wildman–Crippen MR) is 131 cm³/mol. The summed E-state index contributed by atoms with van der Waals surface area (Å²) in [6, 6.07) is 21.1. The number of aryl methyl sites for hydroxylation is 1. The number of alkyl halides is 3. The number of nitrogens with zero attached hydrogens (tertiary/aromatic N) is 2. The zero-order chi connectivity index (χ0) is 25.7. The lowest BCUT2D eigenvalue weighted by atomic mass is 9.98. The summed E-state index contributed by atoms with van der Waals surface area (Å²) in [6.07, 6.45) is -0.918. The molecule has 4 rings (SSSR count). The zero-order valence-corrected chi connectivity index (χ0v) is 19.3. The van der Waals surface area contributed by atoms with Crippen molar-refractivity contribution in [3.8, 4) is 11.1 Å². The Morgan fingerprint density at radius 1 is 0.944 bits per heavy atom. The van der Waals surface area contributed by atoms with Crippen LogP contribution in [0.5, 0.6) is 0 Å². The van der Waals surface area contributed by atoms with Crippen LogP contribution in [0.25, 0.3) is 11.1 Å². The van der Waals surface area contributed by atoms with Crippen molar-refractivity contribution < 1.29 is 22.8 Å². The van der Waals surface area contributed by atoms with Crippen LogP contribution in [0.1, 0.15) is 31.8 Å². The van der Waals surface area contributed by atoms with Crippen molar-refractivity contribution >= 4 is 17.5 Å². The number of carbonyl (C=O) groups excluding carboxylic acids is 2. The van der Waals surface area contributed by atoms with Gasteiger partial charge in [-0.05, 0) is 53.4 Å². The molecule has 0 unspecified atom stereocenters. The maximum atomic E-state index is 13.2. The summed E-state index contributed by atoms with van der Waals surface area (Å²) < 4.78 is 39.1. The number of rotatable bonds is 7. The number of amides is 2. The highest BCUT2D eigenvalue weighted by Gasteiger charge is 2.28. The van der Waals surface area contributed by atoms with Crippen LogP contribution in [0.15, 0.2) is 85.2 Å². The molecule has 6 nitrogen and oxygen atoms in total. The van der Waals surface area contributed by atoms with E-state index in [1.807, 2.05) is 58.7 Å². The highest BCUT2D eigenvalue weighted by atomic mass is 19.4. The van der Waals surface area contributed by atoms with Gasteiger partial charge >= 0.3 is 6.18 Å². The van der Waals surface area contributed by atoms with E-state index >= 15 is 0 Å². The maximum absolute atomic E-state index is 13.2. The first-order chi connectivity index (χ1) is 17.2. The van der Waals surface area contributed by atoms with Crippen molar-refractivity contribution in [1.29, 1.82) is 0 Å². The summed E-state index contributed by atoms with van der Waals surface area (Å²) >= 11 is 0. The lowest BCUT2D eigenvalue weighted by Crippen LogP contribution is -2.33. The van der Waals surface area contributed by atoms with Crippen LogP contribution in [0, 0.1) is 6.92 Å². The van der Waals surface area contributed by atoms with Gasteiger partial charge in [-0.25, -0.2) is 0 Å². The second-order valence-electron chi connectivity index (χ2n) is 8.23. The van der Waals surface area contributed by atoms with Crippen molar-refractivity contribution in [1.82, 2.24) is 15.1 Å². The number of nitrogens with one attached hydrogen (secondary N) is 2. The molecule has 0 saturated carbocycles. The Balaban J connectivity index is 1.53. The van der Waals surface area contributed by atoms with Crippen LogP contribution in [0.4, 0.5) is 18.9 Å². The first kappa shape index (κ1) is 24.7. The molecule has 2 N–H and O–H groups in total. The highest BCUT2D eigenvalue weighted by molar-refractivity contribution is 6.09. The van der Waals surface area contributed by atoms with Crippen molar-refractivity contribution in [2.45, 2.75) is 19.6 Å². The van der Waals surface area contributed by atoms with E-state index in [2.05, 4.69) is 10.4 Å². The Morgan fingerprint density at radius 2 is 1.69 bits per heavy atom. The molecule has 1 aromatic heterocycles. The molecule has 36 heavy (non-hydrogen) atoms. The number of hydrogen-bond donors (Lipinski definition) is 2. The van der Waals surface area contributed by atoms with Gasteiger partial charge in [-0.1, -0.05) is 48.5 Å². The standard InChI is InChI=1S/C27H23F3N4O2/c1-18-7-10-21(25(35)31-17-27(28,29)30)15-24(18)33-26(36)23-6-3-2-5-22(23)20-11-8-19(9-12-20)16-34-14-4-13-32-34/h2-15H,16-17H2,1H3,(H,31,35)(H,33,36). The van der Waals surface area contributed by atoms with E-state index in [4.69, 9.17) is 0 Å². The van der Waals surface area contributed by atoms with Crippen LogP contribution in [-0.4, -0.2) is 34.3 Å². The quantitative estimate of drug-likeness (QED) is 0.360. The Kier molecular flexibility index (Phi) is 7.19. The summed E-state index contributed by atoms with van der Waals surface area (Å²) in [5, 5.41) is 8.83. The van der Waals surface area contributed by atoms with E-state index in [1.54, 1.807) is 31.3 Å². The molecule has 3 aromatic carbocycles. The third kappa shape index (κ3) is 6.18. The van der Waals surface area contributed by atoms with E-state index < -0.39 is 24.5 Å². The molecule has 0 aliphatic heterocycles. The molecule has 184 valence electrons. The molecule has 0 spiro atoms. The van der Waals surface area contributed by atoms with Gasteiger partial charge in [0.2, 0.25) is 0 Å². The minimum atomic E-state index is -4.52. The van der Waals surface area contributed by atoms with E-state index in [9.17, 15) is 22.8 Å². The second kappa shape index (κ2) is 10.5. The molecule has 0 fully saturated rings. The number of anilines is 1. The molecule has 4 aromatic rings. The topological polar surface area (TPSA) is 76.0 Å². The average molecular weight is 493 g/mol. The van der Waals surface area contributed by atoms with Gasteiger partial charge in [-0.2, -0.15) is 18.3 Å². The van der Waals surface area contributed by atoms with Crippen LogP contribution in [0.3, 0.4) is 0 Å². The fourth-order valence-electron chi connectivity index (χ4n) is 3.67. The van der Waals surface area contributed by atoms with Gasteiger partial charge in [-0.15, -0.1) is 0 Å². The molecular weight excluding hydrogens is 469 g/mol. The summed E-state index contributed by atoms with van der Waals surface area (Å²) in [4.78, 5) is 25.4. The summed E-state index contributed by atoms with van der Waals surface area (Å²) in [7, 11) is 0. The Bertz CT molecular complexity index is 1360. The third-order valence-corrected chi connectivity index (χ3v) is 5.54. The Hall–Kier alpha value is -4.40. The van der Waals surface area contributed by atoms with E-state index in [0.717, 1.165) is 16.7 Å². The third-order valence-electron chi connectivity index (χ3n) is 5.54. The van der Waals surface area contributed by atoms with E-state index in [-0.39, 0.29) is 5.56 Å². The number of carbonyl (C=O) groups is 2. The van der Waals surface area contributed by atoms with Crippen molar-refractivity contribution in [3.05, 3.63) is 107 Å². The molecule has 1 heterocycles. The molecule has 0 atom stereocenters. The van der Waals surface area contributed by atoms with Gasteiger partial charge in [0, 0.05) is 29.2 Å². The number of aromatic nitrogens is 2. The van der Waals surface area contributed by atoms with Crippen LogP contribution in [-0.2, 0) is 6.54 Å². The first-order valence-electron chi connectivity index (χ1n) is 11.1. The molecule has 0 bridgehead atoms. The van der Waals surface area contributed by atoms with Crippen molar-refractivity contribution in [3.63, 3.8) is 0 Å². The Labute approximate surface area is 205 Å². The summed E-state index contributed by atoms with van der Waals surface area (Å²) in [6.45, 7) is 0.925. The molecule has 9 heteroatoms. The lowest BCUT2D eigenvalue weighted by molar-refractivity contribution is -0.123. The first-order valence-corrected chi connectivity index (χ1v) is 11.1. The zero-order valence-electron chi connectivity index (χ0n) is 19.3. The van der Waals surface area contributed by atoms with Gasteiger partial charge in [0.1, 0.15) is 6.54 Å². The number of halogens is 3. The van der Waals surface area contributed by atoms with Crippen LogP contribution in [0.2, 0.25) is 0 Å². The molecule has 0 saturated heterocycles. The van der Waals surface area contributed by atoms with Gasteiger partial charge < -0.3 is 10.6 Å². The second-order valence-corrected chi connectivity index (χ2v) is 8.23. The SMILES string of the molecule is Cc1ccc(C(=O)NCC(F)(F)F)cc1NC(=O)c1ccccc1-c1ccc(Cn2cccn2)cc1. The molecule has 0 radical (unpaired) electrons. The van der Waals surface area contributed by atoms with Crippen molar-refractivity contribution in [2.75, 3.05) is 11.9 Å². The van der Waals surface area contributed by atoms with Gasteiger partial charge in [0.05, 0.1) is 6.54 Å². The molecule has 2 amide bonds. The lowest BCUT2D eigenvalue weighted by Gasteiger charge is -2.14. The minimum absolute atomic E-state index is 0.0150. The smallest absolute Gasteiger partial charge is 0.343 e. The number of benzene rings is 3. The maximum Gasteiger partial charge on any atom is 0.405 e. The fourth-order valence-corrected chi connectivity index (χ4v) is 3.67. The van der Waals surface area contributed by atoms with E-state index in [0.29, 0.717) is 23.4 Å². The fraction of sp³-hybridized carbons (Fsp3) is 0.148. The molecule has 0 aliphatic rings. The Morgan fingerprint density at radius 3 is 2.39 bits per heavy atom. The predicted octanol–water partition coefficient (Wildman–Crippen LogP) is 5.45. The largest absolute Gasteiger partial charge is 0.405 e. The summed E-state index contributed by atoms with van der Waals surface area (Å²) in [5.74, 6) is -1.28. The summed E-state index contributed by atoms with van der Waals surface area (Å²) in [5.41, 5.74) is 4.06. The van der Waals surface area contributed by atoms with E-state index in [1.165, 1.54) is 12.1 Å². The highest BCUT2D eigenvalue weighted by Crippen LogP contribution is 2.26. The number of hydrogen-bond acceptors (Lipinski definition) is 3. The molecular formula is C27H23F3N4O2. The van der Waals surface area contributed by atoms with Crippen LogP contribution < -0.4 is 10.6 Å². The normalized spacial score (nSPS) is 11.2.